The van der Waals surface area contributed by atoms with Gasteiger partial charge >= 0.3 is 0 Å². The number of Topliss-reactive ketones (excluding diaryl/α,β-unsaturated/α-hetero) is 1. The van der Waals surface area contributed by atoms with Gasteiger partial charge < -0.3 is 0 Å². The first-order chi connectivity index (χ1) is 7.13. The van der Waals surface area contributed by atoms with E-state index in [4.69, 9.17) is 0 Å². The Labute approximate surface area is 100 Å². The zero-order chi connectivity index (χ0) is 11.3. The SMILES string of the molecule is CC(C)Cc1ccc(C(=O)CCBr)cc1. The Balaban J connectivity index is 2.67. The normalized spacial score (nSPS) is 10.7. The van der Waals surface area contributed by atoms with Crippen LogP contribution in [-0.2, 0) is 6.42 Å². The fourth-order valence-corrected chi connectivity index (χ4v) is 1.89. The van der Waals surface area contributed by atoms with Crippen molar-refractivity contribution in [3.8, 4) is 0 Å². The van der Waals surface area contributed by atoms with Crippen molar-refractivity contribution in [1.29, 1.82) is 0 Å². The van der Waals surface area contributed by atoms with Crippen LogP contribution in [0.25, 0.3) is 0 Å². The topological polar surface area (TPSA) is 17.1 Å². The van der Waals surface area contributed by atoms with Crippen molar-refractivity contribution in [1.82, 2.24) is 0 Å². The molecule has 0 spiro atoms. The van der Waals surface area contributed by atoms with Crippen molar-refractivity contribution in [2.75, 3.05) is 5.33 Å². The molecule has 1 rings (SSSR count). The number of hydrogen-bond donors (Lipinski definition) is 0. The predicted molar refractivity (Wildman–Crippen MR) is 67.7 cm³/mol. The Kier molecular flexibility index (Phi) is 5.03. The number of alkyl halides is 1. The Morgan fingerprint density at radius 3 is 2.33 bits per heavy atom. The van der Waals surface area contributed by atoms with E-state index in [1.165, 1.54) is 5.56 Å². The predicted octanol–water partition coefficient (Wildman–Crippen LogP) is 3.85. The lowest BCUT2D eigenvalue weighted by Crippen LogP contribution is -2.00. The van der Waals surface area contributed by atoms with E-state index in [1.54, 1.807) is 0 Å². The first-order valence-electron chi connectivity index (χ1n) is 5.31. The summed E-state index contributed by atoms with van der Waals surface area (Å²) in [5.74, 6) is 0.872. The van der Waals surface area contributed by atoms with E-state index in [1.807, 2.05) is 12.1 Å². The van der Waals surface area contributed by atoms with E-state index in [0.717, 1.165) is 17.3 Å². The first-order valence-corrected chi connectivity index (χ1v) is 6.43. The highest BCUT2D eigenvalue weighted by Crippen LogP contribution is 2.11. The summed E-state index contributed by atoms with van der Waals surface area (Å²) in [5, 5.41) is 0.736. The summed E-state index contributed by atoms with van der Waals surface area (Å²) >= 11 is 3.27. The van der Waals surface area contributed by atoms with Gasteiger partial charge in [-0.2, -0.15) is 0 Å². The molecule has 0 heterocycles. The molecule has 2 heteroatoms. The Bertz CT molecular complexity index is 314. The van der Waals surface area contributed by atoms with Gasteiger partial charge in [0, 0.05) is 17.3 Å². The van der Waals surface area contributed by atoms with Crippen molar-refractivity contribution in [3.05, 3.63) is 35.4 Å². The molecule has 0 aliphatic heterocycles. The van der Waals surface area contributed by atoms with E-state index >= 15 is 0 Å². The Hall–Kier alpha value is -0.630. The van der Waals surface area contributed by atoms with Crippen LogP contribution in [0.15, 0.2) is 24.3 Å². The number of benzene rings is 1. The second-order valence-electron chi connectivity index (χ2n) is 4.16. The van der Waals surface area contributed by atoms with Gasteiger partial charge in [-0.1, -0.05) is 54.0 Å². The third-order valence-electron chi connectivity index (χ3n) is 2.24. The summed E-state index contributed by atoms with van der Waals surface area (Å²) < 4.78 is 0. The third kappa shape index (κ3) is 4.17. The van der Waals surface area contributed by atoms with E-state index in [0.29, 0.717) is 12.3 Å². The maximum atomic E-state index is 11.5. The number of hydrogen-bond acceptors (Lipinski definition) is 1. The molecular formula is C13H17BrO. The number of halogens is 1. The molecule has 0 saturated carbocycles. The fourth-order valence-electron chi connectivity index (χ4n) is 1.53. The minimum absolute atomic E-state index is 0.211. The maximum Gasteiger partial charge on any atom is 0.163 e. The molecule has 0 aliphatic rings. The summed E-state index contributed by atoms with van der Waals surface area (Å²) in [6.45, 7) is 4.40. The number of rotatable bonds is 5. The summed E-state index contributed by atoms with van der Waals surface area (Å²) in [7, 11) is 0. The highest BCUT2D eigenvalue weighted by atomic mass is 79.9. The molecule has 0 aromatic heterocycles. The average Bonchev–Trinajstić information content (AvgIpc) is 2.18. The zero-order valence-electron chi connectivity index (χ0n) is 9.29. The lowest BCUT2D eigenvalue weighted by molar-refractivity contribution is 0.0990. The molecule has 1 nitrogen and oxygen atoms in total. The van der Waals surface area contributed by atoms with E-state index < -0.39 is 0 Å². The van der Waals surface area contributed by atoms with Gasteiger partial charge in [0.2, 0.25) is 0 Å². The number of ketones is 1. The second-order valence-corrected chi connectivity index (χ2v) is 4.95. The van der Waals surface area contributed by atoms with E-state index in [2.05, 4.69) is 41.9 Å². The van der Waals surface area contributed by atoms with Crippen LogP contribution in [0.4, 0.5) is 0 Å². The Morgan fingerprint density at radius 2 is 1.87 bits per heavy atom. The van der Waals surface area contributed by atoms with Crippen LogP contribution in [0.3, 0.4) is 0 Å². The van der Waals surface area contributed by atoms with Crippen LogP contribution in [0.5, 0.6) is 0 Å². The highest BCUT2D eigenvalue weighted by Gasteiger charge is 2.04. The monoisotopic (exact) mass is 268 g/mol. The molecule has 1 aromatic carbocycles. The third-order valence-corrected chi connectivity index (χ3v) is 2.64. The van der Waals surface area contributed by atoms with Gasteiger partial charge in [0.05, 0.1) is 0 Å². The van der Waals surface area contributed by atoms with Crippen molar-refractivity contribution < 1.29 is 4.79 Å². The Morgan fingerprint density at radius 1 is 1.27 bits per heavy atom. The van der Waals surface area contributed by atoms with Gasteiger partial charge in [-0.05, 0) is 17.9 Å². The molecule has 0 aliphatic carbocycles. The lowest BCUT2D eigenvalue weighted by atomic mass is 10.0. The van der Waals surface area contributed by atoms with Crippen molar-refractivity contribution in [2.45, 2.75) is 26.7 Å². The number of carbonyl (C=O) groups excluding carboxylic acids is 1. The van der Waals surface area contributed by atoms with Gasteiger partial charge in [-0.25, -0.2) is 0 Å². The van der Waals surface area contributed by atoms with Gasteiger partial charge in [0.1, 0.15) is 0 Å². The van der Waals surface area contributed by atoms with E-state index in [9.17, 15) is 4.79 Å². The summed E-state index contributed by atoms with van der Waals surface area (Å²) in [5.41, 5.74) is 2.13. The summed E-state index contributed by atoms with van der Waals surface area (Å²) in [4.78, 5) is 11.5. The molecule has 0 unspecified atom stereocenters. The van der Waals surface area contributed by atoms with Crippen LogP contribution in [-0.4, -0.2) is 11.1 Å². The van der Waals surface area contributed by atoms with Crippen LogP contribution >= 0.6 is 15.9 Å². The molecule has 15 heavy (non-hydrogen) atoms. The molecule has 0 saturated heterocycles. The average molecular weight is 269 g/mol. The summed E-state index contributed by atoms with van der Waals surface area (Å²) in [6.07, 6.45) is 1.65. The first kappa shape index (κ1) is 12.4. The molecular weight excluding hydrogens is 252 g/mol. The smallest absolute Gasteiger partial charge is 0.163 e. The second kappa shape index (κ2) is 6.06. The molecule has 82 valence electrons. The van der Waals surface area contributed by atoms with Crippen molar-refractivity contribution in [2.24, 2.45) is 5.92 Å². The van der Waals surface area contributed by atoms with Gasteiger partial charge in [0.25, 0.3) is 0 Å². The van der Waals surface area contributed by atoms with E-state index in [-0.39, 0.29) is 5.78 Å². The van der Waals surface area contributed by atoms with Crippen LogP contribution in [0.2, 0.25) is 0 Å². The summed E-state index contributed by atoms with van der Waals surface area (Å²) in [6, 6.07) is 7.98. The van der Waals surface area contributed by atoms with Crippen LogP contribution in [0, 0.1) is 5.92 Å². The molecule has 0 bridgehead atoms. The van der Waals surface area contributed by atoms with Gasteiger partial charge in [-0.3, -0.25) is 4.79 Å². The van der Waals surface area contributed by atoms with Crippen molar-refractivity contribution >= 4 is 21.7 Å². The van der Waals surface area contributed by atoms with Crippen LogP contribution in [0.1, 0.15) is 36.2 Å². The molecule has 0 radical (unpaired) electrons. The minimum atomic E-state index is 0.211. The largest absolute Gasteiger partial charge is 0.294 e. The van der Waals surface area contributed by atoms with Crippen LogP contribution < -0.4 is 0 Å². The maximum absolute atomic E-state index is 11.5. The quantitative estimate of drug-likeness (QED) is 0.586. The zero-order valence-corrected chi connectivity index (χ0v) is 10.9. The number of carbonyl (C=O) groups is 1. The fraction of sp³-hybridized carbons (Fsp3) is 0.462. The van der Waals surface area contributed by atoms with Gasteiger partial charge in [-0.15, -0.1) is 0 Å². The molecule has 0 fully saturated rings. The standard InChI is InChI=1S/C13H17BrO/c1-10(2)9-11-3-5-12(6-4-11)13(15)7-8-14/h3-6,10H,7-9H2,1-2H3. The highest BCUT2D eigenvalue weighted by molar-refractivity contribution is 9.09. The van der Waals surface area contributed by atoms with Gasteiger partial charge in [0.15, 0.2) is 5.78 Å². The molecule has 0 amide bonds. The molecule has 1 aromatic rings. The minimum Gasteiger partial charge on any atom is -0.294 e. The molecule has 0 N–H and O–H groups in total. The lowest BCUT2D eigenvalue weighted by Gasteiger charge is -2.05. The molecule has 0 atom stereocenters. The van der Waals surface area contributed by atoms with Crippen molar-refractivity contribution in [3.63, 3.8) is 0 Å².